The highest BCUT2D eigenvalue weighted by molar-refractivity contribution is 4.87. The molecule has 2 fully saturated rings. The first-order valence-corrected chi connectivity index (χ1v) is 7.16. The van der Waals surface area contributed by atoms with E-state index in [0.29, 0.717) is 5.41 Å². The van der Waals surface area contributed by atoms with Gasteiger partial charge in [-0.2, -0.15) is 0 Å². The first-order chi connectivity index (χ1) is 7.74. The van der Waals surface area contributed by atoms with Crippen molar-refractivity contribution in [2.24, 2.45) is 5.41 Å². The fourth-order valence-electron chi connectivity index (χ4n) is 3.47. The molecule has 1 unspecified atom stereocenters. The zero-order valence-electron chi connectivity index (χ0n) is 11.1. The molecular formula is C14H28N2. The lowest BCUT2D eigenvalue weighted by molar-refractivity contribution is 0.195. The average Bonchev–Trinajstić information content (AvgIpc) is 2.76. The van der Waals surface area contributed by atoms with Crippen LogP contribution in [0.2, 0.25) is 0 Å². The fraction of sp³-hybridized carbons (Fsp3) is 1.00. The molecule has 1 saturated carbocycles. The monoisotopic (exact) mass is 224 g/mol. The number of nitrogens with zero attached hydrogens (tertiary/aromatic N) is 1. The van der Waals surface area contributed by atoms with Crippen molar-refractivity contribution in [1.29, 1.82) is 0 Å². The Kier molecular flexibility index (Phi) is 4.26. The van der Waals surface area contributed by atoms with Gasteiger partial charge in [0, 0.05) is 19.1 Å². The SMILES string of the molecule is CCC1(CNC2CCCN(C)C2)CCCC1. The third-order valence-electron chi connectivity index (χ3n) is 4.80. The number of hydrogen-bond donors (Lipinski definition) is 1. The van der Waals surface area contributed by atoms with Crippen molar-refractivity contribution in [3.05, 3.63) is 0 Å². The van der Waals surface area contributed by atoms with Crippen LogP contribution in [0.15, 0.2) is 0 Å². The van der Waals surface area contributed by atoms with Crippen molar-refractivity contribution in [2.45, 2.75) is 57.9 Å². The predicted molar refractivity (Wildman–Crippen MR) is 69.7 cm³/mol. The van der Waals surface area contributed by atoms with Crippen molar-refractivity contribution in [3.8, 4) is 0 Å². The summed E-state index contributed by atoms with van der Waals surface area (Å²) in [6.07, 6.45) is 9.94. The molecule has 0 bridgehead atoms. The van der Waals surface area contributed by atoms with Crippen LogP contribution in [-0.4, -0.2) is 37.6 Å². The Labute approximate surface area is 101 Å². The Morgan fingerprint density at radius 1 is 1.25 bits per heavy atom. The largest absolute Gasteiger partial charge is 0.312 e. The minimum absolute atomic E-state index is 0.649. The summed E-state index contributed by atoms with van der Waals surface area (Å²) in [5.41, 5.74) is 0.649. The van der Waals surface area contributed by atoms with Gasteiger partial charge >= 0.3 is 0 Å². The van der Waals surface area contributed by atoms with Crippen molar-refractivity contribution < 1.29 is 0 Å². The van der Waals surface area contributed by atoms with Gasteiger partial charge in [0.15, 0.2) is 0 Å². The second kappa shape index (κ2) is 5.50. The molecule has 2 rings (SSSR count). The number of rotatable bonds is 4. The summed E-state index contributed by atoms with van der Waals surface area (Å²) in [6, 6.07) is 0.753. The van der Waals surface area contributed by atoms with Gasteiger partial charge in [0.1, 0.15) is 0 Å². The number of likely N-dealkylation sites (tertiary alicyclic amines) is 1. The Balaban J connectivity index is 1.77. The van der Waals surface area contributed by atoms with Crippen molar-refractivity contribution in [3.63, 3.8) is 0 Å². The second-order valence-corrected chi connectivity index (χ2v) is 6.04. The van der Waals surface area contributed by atoms with Crippen LogP contribution >= 0.6 is 0 Å². The second-order valence-electron chi connectivity index (χ2n) is 6.04. The summed E-state index contributed by atoms with van der Waals surface area (Å²) in [6.45, 7) is 6.18. The highest BCUT2D eigenvalue weighted by Gasteiger charge is 2.32. The standard InChI is InChI=1S/C14H28N2/c1-3-14(8-4-5-9-14)12-15-13-7-6-10-16(2)11-13/h13,15H,3-12H2,1-2H3. The van der Waals surface area contributed by atoms with E-state index in [1.807, 2.05) is 0 Å². The highest BCUT2D eigenvalue weighted by atomic mass is 15.1. The molecule has 2 aliphatic rings. The molecular weight excluding hydrogens is 196 g/mol. The van der Waals surface area contributed by atoms with E-state index in [9.17, 15) is 0 Å². The number of piperidine rings is 1. The van der Waals surface area contributed by atoms with Gasteiger partial charge in [-0.1, -0.05) is 19.8 Å². The molecule has 0 aromatic carbocycles. The maximum atomic E-state index is 3.84. The van der Waals surface area contributed by atoms with Crippen LogP contribution in [0.3, 0.4) is 0 Å². The molecule has 1 heterocycles. The van der Waals surface area contributed by atoms with E-state index in [4.69, 9.17) is 0 Å². The minimum Gasteiger partial charge on any atom is -0.312 e. The van der Waals surface area contributed by atoms with Gasteiger partial charge in [-0.3, -0.25) is 0 Å². The molecule has 1 aliphatic heterocycles. The summed E-state index contributed by atoms with van der Waals surface area (Å²) >= 11 is 0. The van der Waals surface area contributed by atoms with Gasteiger partial charge in [0.05, 0.1) is 0 Å². The van der Waals surface area contributed by atoms with Crippen LogP contribution in [0.5, 0.6) is 0 Å². The molecule has 1 atom stereocenters. The van der Waals surface area contributed by atoms with E-state index in [-0.39, 0.29) is 0 Å². The molecule has 1 aliphatic carbocycles. The Morgan fingerprint density at radius 3 is 2.62 bits per heavy atom. The average molecular weight is 224 g/mol. The molecule has 0 aromatic heterocycles. The zero-order valence-corrected chi connectivity index (χ0v) is 11.1. The Hall–Kier alpha value is -0.0800. The van der Waals surface area contributed by atoms with E-state index in [0.717, 1.165) is 6.04 Å². The van der Waals surface area contributed by atoms with E-state index in [1.165, 1.54) is 64.6 Å². The fourth-order valence-corrected chi connectivity index (χ4v) is 3.47. The molecule has 2 nitrogen and oxygen atoms in total. The first-order valence-electron chi connectivity index (χ1n) is 7.16. The molecule has 0 aromatic rings. The number of likely N-dealkylation sites (N-methyl/N-ethyl adjacent to an activating group) is 1. The van der Waals surface area contributed by atoms with Gasteiger partial charge in [-0.15, -0.1) is 0 Å². The van der Waals surface area contributed by atoms with Crippen molar-refractivity contribution in [1.82, 2.24) is 10.2 Å². The molecule has 1 N–H and O–H groups in total. The van der Waals surface area contributed by atoms with Crippen LogP contribution in [0.1, 0.15) is 51.9 Å². The Bertz CT molecular complexity index is 209. The number of hydrogen-bond acceptors (Lipinski definition) is 2. The lowest BCUT2D eigenvalue weighted by Gasteiger charge is -2.34. The molecule has 1 saturated heterocycles. The highest BCUT2D eigenvalue weighted by Crippen LogP contribution is 2.40. The maximum Gasteiger partial charge on any atom is 0.0195 e. The third-order valence-corrected chi connectivity index (χ3v) is 4.80. The van der Waals surface area contributed by atoms with Crippen molar-refractivity contribution >= 4 is 0 Å². The van der Waals surface area contributed by atoms with Crippen LogP contribution < -0.4 is 5.32 Å². The normalized spacial score (nSPS) is 30.8. The summed E-state index contributed by atoms with van der Waals surface area (Å²) in [5.74, 6) is 0. The lowest BCUT2D eigenvalue weighted by Crippen LogP contribution is -2.47. The van der Waals surface area contributed by atoms with E-state index < -0.39 is 0 Å². The van der Waals surface area contributed by atoms with Gasteiger partial charge in [-0.25, -0.2) is 0 Å². The topological polar surface area (TPSA) is 15.3 Å². The summed E-state index contributed by atoms with van der Waals surface area (Å²) in [7, 11) is 2.25. The smallest absolute Gasteiger partial charge is 0.0195 e. The minimum atomic E-state index is 0.649. The van der Waals surface area contributed by atoms with Gasteiger partial charge < -0.3 is 10.2 Å². The van der Waals surface area contributed by atoms with Crippen LogP contribution in [-0.2, 0) is 0 Å². The molecule has 2 heteroatoms. The first kappa shape index (κ1) is 12.4. The molecule has 0 radical (unpaired) electrons. The van der Waals surface area contributed by atoms with Crippen LogP contribution in [0.4, 0.5) is 0 Å². The Morgan fingerprint density at radius 2 is 2.00 bits per heavy atom. The molecule has 16 heavy (non-hydrogen) atoms. The van der Waals surface area contributed by atoms with Crippen molar-refractivity contribution in [2.75, 3.05) is 26.7 Å². The van der Waals surface area contributed by atoms with Crippen LogP contribution in [0, 0.1) is 5.41 Å². The number of nitrogens with one attached hydrogen (secondary N) is 1. The third kappa shape index (κ3) is 2.98. The van der Waals surface area contributed by atoms with Gasteiger partial charge in [-0.05, 0) is 51.1 Å². The maximum absolute atomic E-state index is 3.84. The summed E-state index contributed by atoms with van der Waals surface area (Å²) in [4.78, 5) is 2.47. The van der Waals surface area contributed by atoms with E-state index >= 15 is 0 Å². The quantitative estimate of drug-likeness (QED) is 0.790. The van der Waals surface area contributed by atoms with Gasteiger partial charge in [0.2, 0.25) is 0 Å². The van der Waals surface area contributed by atoms with E-state index in [1.54, 1.807) is 0 Å². The molecule has 0 spiro atoms. The molecule has 0 amide bonds. The lowest BCUT2D eigenvalue weighted by atomic mass is 9.83. The van der Waals surface area contributed by atoms with E-state index in [2.05, 4.69) is 24.2 Å². The summed E-state index contributed by atoms with van der Waals surface area (Å²) in [5, 5.41) is 3.84. The van der Waals surface area contributed by atoms with Crippen LogP contribution in [0.25, 0.3) is 0 Å². The predicted octanol–water partition coefficient (Wildman–Crippen LogP) is 2.64. The zero-order chi connectivity index (χ0) is 11.4. The molecule has 94 valence electrons. The summed E-state index contributed by atoms with van der Waals surface area (Å²) < 4.78 is 0. The van der Waals surface area contributed by atoms with Gasteiger partial charge in [0.25, 0.3) is 0 Å².